The fraction of sp³-hybridized carbons (Fsp3) is 0.381. The maximum Gasteiger partial charge on any atom is 0.243 e. The number of benzene rings is 2. The van der Waals surface area contributed by atoms with Crippen molar-refractivity contribution >= 4 is 32.8 Å². The minimum absolute atomic E-state index is 0.258. The van der Waals surface area contributed by atoms with Crippen molar-refractivity contribution in [1.29, 1.82) is 0 Å². The van der Waals surface area contributed by atoms with Gasteiger partial charge in [0.1, 0.15) is 11.6 Å². The van der Waals surface area contributed by atoms with E-state index in [2.05, 4.69) is 11.5 Å². The summed E-state index contributed by atoms with van der Waals surface area (Å²) in [4.78, 5) is 5.96. The topological polar surface area (TPSA) is 64.4 Å². The Morgan fingerprint density at radius 1 is 1.13 bits per heavy atom. The van der Waals surface area contributed by atoms with Gasteiger partial charge in [-0.15, -0.1) is 11.8 Å². The summed E-state index contributed by atoms with van der Waals surface area (Å²) in [6.45, 7) is 4.45. The van der Waals surface area contributed by atoms with Crippen LogP contribution in [0.3, 0.4) is 0 Å². The van der Waals surface area contributed by atoms with Crippen LogP contribution in [0.2, 0.25) is 0 Å². The number of aromatic nitrogens is 2. The Kier molecular flexibility index (Phi) is 6.43. The van der Waals surface area contributed by atoms with Gasteiger partial charge in [0.2, 0.25) is 10.0 Å². The molecule has 160 valence electrons. The molecule has 0 unspecified atom stereocenters. The molecular formula is C21H24FN3O3S2. The Morgan fingerprint density at radius 3 is 2.57 bits per heavy atom. The highest BCUT2D eigenvalue weighted by atomic mass is 32.2. The standard InChI is InChI=1S/C21H24FN3O3S2/c1-2-9-25-20-8-7-18(30(26,27)24-10-12-28-13-11-24)14-19(20)23-21(25)15-29-17-5-3-16(22)4-6-17/h3-8,14H,2,9-13,15H2,1H3. The van der Waals surface area contributed by atoms with E-state index in [0.717, 1.165) is 29.2 Å². The number of nitrogens with zero attached hydrogens (tertiary/aromatic N) is 3. The van der Waals surface area contributed by atoms with Gasteiger partial charge in [-0.2, -0.15) is 4.31 Å². The van der Waals surface area contributed by atoms with Crippen molar-refractivity contribution in [3.8, 4) is 0 Å². The van der Waals surface area contributed by atoms with Gasteiger partial charge in [0.25, 0.3) is 0 Å². The van der Waals surface area contributed by atoms with Crippen LogP contribution in [0.5, 0.6) is 0 Å². The number of aryl methyl sites for hydroxylation is 1. The molecular weight excluding hydrogens is 425 g/mol. The molecule has 0 radical (unpaired) electrons. The minimum atomic E-state index is -3.57. The summed E-state index contributed by atoms with van der Waals surface area (Å²) in [6.07, 6.45) is 0.938. The quantitative estimate of drug-likeness (QED) is 0.512. The monoisotopic (exact) mass is 449 g/mol. The summed E-state index contributed by atoms with van der Waals surface area (Å²) in [5, 5.41) is 0. The molecule has 1 aliphatic heterocycles. The second-order valence-electron chi connectivity index (χ2n) is 7.09. The number of halogens is 1. The predicted molar refractivity (Wildman–Crippen MR) is 116 cm³/mol. The van der Waals surface area contributed by atoms with Crippen LogP contribution >= 0.6 is 11.8 Å². The van der Waals surface area contributed by atoms with Gasteiger partial charge >= 0.3 is 0 Å². The zero-order valence-corrected chi connectivity index (χ0v) is 18.4. The zero-order valence-electron chi connectivity index (χ0n) is 16.8. The summed E-state index contributed by atoms with van der Waals surface area (Å²) in [5.74, 6) is 1.24. The molecule has 0 N–H and O–H groups in total. The second kappa shape index (κ2) is 9.05. The average Bonchev–Trinajstić information content (AvgIpc) is 3.11. The van der Waals surface area contributed by atoms with Crippen molar-refractivity contribution < 1.29 is 17.5 Å². The molecule has 0 aliphatic carbocycles. The van der Waals surface area contributed by atoms with E-state index in [4.69, 9.17) is 9.72 Å². The average molecular weight is 450 g/mol. The molecule has 1 fully saturated rings. The molecule has 30 heavy (non-hydrogen) atoms. The van der Waals surface area contributed by atoms with Crippen LogP contribution in [0.15, 0.2) is 52.3 Å². The fourth-order valence-electron chi connectivity index (χ4n) is 3.52. The number of morpholine rings is 1. The van der Waals surface area contributed by atoms with Crippen LogP contribution < -0.4 is 0 Å². The van der Waals surface area contributed by atoms with Gasteiger partial charge in [-0.3, -0.25) is 0 Å². The molecule has 0 spiro atoms. The Hall–Kier alpha value is -1.94. The molecule has 1 aliphatic rings. The highest BCUT2D eigenvalue weighted by Crippen LogP contribution is 2.28. The van der Waals surface area contributed by atoms with Crippen molar-refractivity contribution in [3.63, 3.8) is 0 Å². The Labute approximate surface area is 180 Å². The molecule has 2 aromatic carbocycles. The molecule has 0 bridgehead atoms. The Morgan fingerprint density at radius 2 is 1.87 bits per heavy atom. The van der Waals surface area contributed by atoms with Crippen LogP contribution in [0.1, 0.15) is 19.2 Å². The lowest BCUT2D eigenvalue weighted by Gasteiger charge is -2.26. The highest BCUT2D eigenvalue weighted by molar-refractivity contribution is 7.98. The van der Waals surface area contributed by atoms with Gasteiger partial charge in [-0.1, -0.05) is 6.92 Å². The zero-order chi connectivity index (χ0) is 21.1. The molecule has 0 amide bonds. The molecule has 3 aromatic rings. The lowest BCUT2D eigenvalue weighted by atomic mass is 10.3. The third kappa shape index (κ3) is 4.39. The number of sulfonamides is 1. The number of hydrogen-bond acceptors (Lipinski definition) is 5. The lowest BCUT2D eigenvalue weighted by Crippen LogP contribution is -2.40. The van der Waals surface area contributed by atoms with Crippen LogP contribution in [0, 0.1) is 5.82 Å². The first-order chi connectivity index (χ1) is 14.5. The second-order valence-corrected chi connectivity index (χ2v) is 10.1. The van der Waals surface area contributed by atoms with Crippen LogP contribution in [-0.2, 0) is 27.1 Å². The van der Waals surface area contributed by atoms with E-state index in [0.29, 0.717) is 37.6 Å². The van der Waals surface area contributed by atoms with E-state index in [1.54, 1.807) is 36.0 Å². The van der Waals surface area contributed by atoms with E-state index in [1.165, 1.54) is 16.4 Å². The van der Waals surface area contributed by atoms with Crippen molar-refractivity contribution in [3.05, 3.63) is 54.1 Å². The van der Waals surface area contributed by atoms with Crippen LogP contribution in [0.25, 0.3) is 11.0 Å². The molecule has 2 heterocycles. The molecule has 0 saturated carbocycles. The molecule has 0 atom stereocenters. The molecule has 1 saturated heterocycles. The maximum atomic E-state index is 13.1. The van der Waals surface area contributed by atoms with Gasteiger partial charge in [0, 0.05) is 24.5 Å². The summed E-state index contributed by atoms with van der Waals surface area (Å²) in [5.41, 5.74) is 1.60. The first-order valence-electron chi connectivity index (χ1n) is 9.94. The lowest BCUT2D eigenvalue weighted by molar-refractivity contribution is 0.0730. The number of fused-ring (bicyclic) bond motifs is 1. The number of thioether (sulfide) groups is 1. The smallest absolute Gasteiger partial charge is 0.243 e. The summed E-state index contributed by atoms with van der Waals surface area (Å²) < 4.78 is 48.0. The van der Waals surface area contributed by atoms with Crippen molar-refractivity contribution in [2.75, 3.05) is 26.3 Å². The summed E-state index contributed by atoms with van der Waals surface area (Å²) in [7, 11) is -3.57. The summed E-state index contributed by atoms with van der Waals surface area (Å²) in [6, 6.07) is 11.6. The predicted octanol–water partition coefficient (Wildman–Crippen LogP) is 3.90. The van der Waals surface area contributed by atoms with Gasteiger partial charge < -0.3 is 9.30 Å². The summed E-state index contributed by atoms with van der Waals surface area (Å²) >= 11 is 1.58. The van der Waals surface area contributed by atoms with E-state index >= 15 is 0 Å². The number of hydrogen-bond donors (Lipinski definition) is 0. The third-order valence-electron chi connectivity index (χ3n) is 5.04. The molecule has 6 nitrogen and oxygen atoms in total. The number of imidazole rings is 1. The fourth-order valence-corrected chi connectivity index (χ4v) is 5.79. The molecule has 4 rings (SSSR count). The maximum absolute atomic E-state index is 13.1. The van der Waals surface area contributed by atoms with E-state index < -0.39 is 10.0 Å². The molecule has 9 heteroatoms. The first-order valence-corrected chi connectivity index (χ1v) is 12.4. The Balaban J connectivity index is 1.64. The number of ether oxygens (including phenoxy) is 1. The highest BCUT2D eigenvalue weighted by Gasteiger charge is 2.27. The van der Waals surface area contributed by atoms with Gasteiger partial charge in [0.05, 0.1) is 34.9 Å². The molecule has 1 aromatic heterocycles. The van der Waals surface area contributed by atoms with E-state index in [9.17, 15) is 12.8 Å². The van der Waals surface area contributed by atoms with Crippen LogP contribution in [0.4, 0.5) is 4.39 Å². The van der Waals surface area contributed by atoms with E-state index in [1.807, 2.05) is 6.07 Å². The normalized spacial score (nSPS) is 15.7. The Bertz CT molecular complexity index is 1120. The number of rotatable bonds is 7. The van der Waals surface area contributed by atoms with E-state index in [-0.39, 0.29) is 10.7 Å². The van der Waals surface area contributed by atoms with Crippen molar-refractivity contribution in [1.82, 2.24) is 13.9 Å². The van der Waals surface area contributed by atoms with Gasteiger partial charge in [0.15, 0.2) is 0 Å². The third-order valence-corrected chi connectivity index (χ3v) is 7.94. The van der Waals surface area contributed by atoms with Crippen molar-refractivity contribution in [2.24, 2.45) is 0 Å². The van der Waals surface area contributed by atoms with Gasteiger partial charge in [-0.05, 0) is 48.9 Å². The van der Waals surface area contributed by atoms with Crippen molar-refractivity contribution in [2.45, 2.75) is 35.4 Å². The SMILES string of the molecule is CCCn1c(CSc2ccc(F)cc2)nc2cc(S(=O)(=O)N3CCOCC3)ccc21. The first kappa shape index (κ1) is 21.3. The largest absolute Gasteiger partial charge is 0.379 e. The minimum Gasteiger partial charge on any atom is -0.379 e. The van der Waals surface area contributed by atoms with Crippen LogP contribution in [-0.4, -0.2) is 48.6 Å². The van der Waals surface area contributed by atoms with Gasteiger partial charge in [-0.25, -0.2) is 17.8 Å².